The van der Waals surface area contributed by atoms with E-state index in [1.165, 1.54) is 15.8 Å². The van der Waals surface area contributed by atoms with Crippen LogP contribution in [0.3, 0.4) is 0 Å². The fraction of sp³-hybridized carbons (Fsp3) is 0.619. The van der Waals surface area contributed by atoms with Gasteiger partial charge in [0.2, 0.25) is 5.91 Å². The topological polar surface area (TPSA) is 54.5 Å². The SMILES string of the molecule is Cc1cc(C)c2nc(N3CCCC(C(=O)NCCCOC(C)C)C3)sc2c1. The molecule has 1 aromatic carbocycles. The summed E-state index contributed by atoms with van der Waals surface area (Å²) in [7, 11) is 0. The minimum atomic E-state index is 0.0413. The van der Waals surface area contributed by atoms with Crippen molar-refractivity contribution in [1.29, 1.82) is 0 Å². The van der Waals surface area contributed by atoms with Crippen molar-refractivity contribution in [2.45, 2.75) is 53.1 Å². The summed E-state index contributed by atoms with van der Waals surface area (Å²) < 4.78 is 6.76. The van der Waals surface area contributed by atoms with Gasteiger partial charge < -0.3 is 15.0 Å². The van der Waals surface area contributed by atoms with Crippen molar-refractivity contribution < 1.29 is 9.53 Å². The molecule has 1 atom stereocenters. The van der Waals surface area contributed by atoms with Crippen molar-refractivity contribution in [2.75, 3.05) is 31.1 Å². The van der Waals surface area contributed by atoms with Crippen LogP contribution in [0.25, 0.3) is 10.2 Å². The molecule has 148 valence electrons. The third-order valence-corrected chi connectivity index (χ3v) is 6.02. The zero-order valence-corrected chi connectivity index (χ0v) is 17.7. The summed E-state index contributed by atoms with van der Waals surface area (Å²) in [6.45, 7) is 11.4. The van der Waals surface area contributed by atoms with Crippen LogP contribution in [0.4, 0.5) is 5.13 Å². The van der Waals surface area contributed by atoms with Crippen molar-refractivity contribution in [3.05, 3.63) is 23.3 Å². The number of amides is 1. The van der Waals surface area contributed by atoms with Crippen LogP contribution in [0.15, 0.2) is 12.1 Å². The predicted molar refractivity (Wildman–Crippen MR) is 113 cm³/mol. The molecular weight excluding hydrogens is 358 g/mol. The Labute approximate surface area is 166 Å². The number of ether oxygens (including phenoxy) is 1. The molecule has 3 rings (SSSR count). The largest absolute Gasteiger partial charge is 0.379 e. The molecule has 5 nitrogen and oxygen atoms in total. The van der Waals surface area contributed by atoms with Crippen LogP contribution in [0, 0.1) is 19.8 Å². The maximum atomic E-state index is 12.5. The van der Waals surface area contributed by atoms with Crippen molar-refractivity contribution in [2.24, 2.45) is 5.92 Å². The molecule has 1 unspecified atom stereocenters. The molecule has 0 spiro atoms. The second-order valence-corrected chi connectivity index (χ2v) is 8.78. The first-order chi connectivity index (χ1) is 12.9. The second-order valence-electron chi connectivity index (χ2n) is 7.77. The van der Waals surface area contributed by atoms with Crippen LogP contribution in [0.2, 0.25) is 0 Å². The number of hydrogen-bond donors (Lipinski definition) is 1. The number of nitrogens with zero attached hydrogens (tertiary/aromatic N) is 2. The lowest BCUT2D eigenvalue weighted by Gasteiger charge is -2.31. The number of piperidine rings is 1. The Bertz CT molecular complexity index is 787. The Morgan fingerprint density at radius 1 is 1.41 bits per heavy atom. The van der Waals surface area contributed by atoms with Crippen molar-refractivity contribution in [3.63, 3.8) is 0 Å². The van der Waals surface area contributed by atoms with Gasteiger partial charge >= 0.3 is 0 Å². The van der Waals surface area contributed by atoms with E-state index in [4.69, 9.17) is 9.72 Å². The van der Waals surface area contributed by atoms with E-state index in [1.807, 2.05) is 13.8 Å². The Balaban J connectivity index is 1.57. The van der Waals surface area contributed by atoms with Crippen LogP contribution in [0.5, 0.6) is 0 Å². The minimum absolute atomic E-state index is 0.0413. The molecule has 1 fully saturated rings. The first-order valence-corrected chi connectivity index (χ1v) is 10.8. The molecule has 0 radical (unpaired) electrons. The first kappa shape index (κ1) is 20.1. The van der Waals surface area contributed by atoms with E-state index in [-0.39, 0.29) is 17.9 Å². The number of thiazole rings is 1. The van der Waals surface area contributed by atoms with Gasteiger partial charge in [-0.05, 0) is 64.2 Å². The lowest BCUT2D eigenvalue weighted by molar-refractivity contribution is -0.125. The van der Waals surface area contributed by atoms with Crippen LogP contribution in [-0.2, 0) is 9.53 Å². The third kappa shape index (κ3) is 5.20. The molecule has 1 aliphatic heterocycles. The van der Waals surface area contributed by atoms with Gasteiger partial charge in [-0.1, -0.05) is 17.4 Å². The summed E-state index contributed by atoms with van der Waals surface area (Å²) in [6, 6.07) is 4.39. The molecular formula is C21H31N3O2S. The lowest BCUT2D eigenvalue weighted by atomic mass is 9.97. The Morgan fingerprint density at radius 2 is 2.22 bits per heavy atom. The van der Waals surface area contributed by atoms with Gasteiger partial charge in [-0.15, -0.1) is 0 Å². The fourth-order valence-corrected chi connectivity index (χ4v) is 4.78. The molecule has 1 aliphatic rings. The zero-order chi connectivity index (χ0) is 19.4. The maximum Gasteiger partial charge on any atom is 0.224 e. The van der Waals surface area contributed by atoms with Crippen molar-refractivity contribution >= 4 is 32.6 Å². The molecule has 2 heterocycles. The van der Waals surface area contributed by atoms with Gasteiger partial charge in [-0.3, -0.25) is 4.79 Å². The molecule has 1 amide bonds. The van der Waals surface area contributed by atoms with Crippen LogP contribution >= 0.6 is 11.3 Å². The Kier molecular flexibility index (Phi) is 6.71. The van der Waals surface area contributed by atoms with E-state index < -0.39 is 0 Å². The average Bonchev–Trinajstić information content (AvgIpc) is 3.05. The number of aryl methyl sites for hydroxylation is 2. The first-order valence-electron chi connectivity index (χ1n) is 9.96. The number of carbonyl (C=O) groups excluding carboxylic acids is 1. The standard InChI is InChI=1S/C21H31N3O2S/c1-14(2)26-10-6-8-22-20(25)17-7-5-9-24(13-17)21-23-19-16(4)11-15(3)12-18(19)27-21/h11-12,14,17H,5-10,13H2,1-4H3,(H,22,25). The average molecular weight is 390 g/mol. The van der Waals surface area contributed by atoms with Crippen LogP contribution in [-0.4, -0.2) is 43.2 Å². The zero-order valence-electron chi connectivity index (χ0n) is 16.9. The van der Waals surface area contributed by atoms with Gasteiger partial charge in [-0.25, -0.2) is 4.98 Å². The molecule has 6 heteroatoms. The number of benzene rings is 1. The van der Waals surface area contributed by atoms with Crippen molar-refractivity contribution in [3.8, 4) is 0 Å². The number of rotatable bonds is 7. The Morgan fingerprint density at radius 3 is 3.00 bits per heavy atom. The molecule has 1 saturated heterocycles. The number of fused-ring (bicyclic) bond motifs is 1. The highest BCUT2D eigenvalue weighted by Crippen LogP contribution is 2.33. The lowest BCUT2D eigenvalue weighted by Crippen LogP contribution is -2.43. The van der Waals surface area contributed by atoms with E-state index in [0.717, 1.165) is 43.0 Å². The smallest absolute Gasteiger partial charge is 0.224 e. The van der Waals surface area contributed by atoms with Gasteiger partial charge in [-0.2, -0.15) is 0 Å². The quantitative estimate of drug-likeness (QED) is 0.726. The highest BCUT2D eigenvalue weighted by Gasteiger charge is 2.27. The number of aromatic nitrogens is 1. The van der Waals surface area contributed by atoms with Gasteiger partial charge in [0.1, 0.15) is 0 Å². The monoisotopic (exact) mass is 389 g/mol. The Hall–Kier alpha value is -1.66. The summed E-state index contributed by atoms with van der Waals surface area (Å²) in [5.74, 6) is 0.206. The molecule has 2 aromatic rings. The summed E-state index contributed by atoms with van der Waals surface area (Å²) in [5, 5.41) is 4.12. The highest BCUT2D eigenvalue weighted by molar-refractivity contribution is 7.22. The molecule has 0 bridgehead atoms. The summed E-state index contributed by atoms with van der Waals surface area (Å²) >= 11 is 1.74. The van der Waals surface area contributed by atoms with Crippen LogP contribution in [0.1, 0.15) is 44.2 Å². The van der Waals surface area contributed by atoms with E-state index in [0.29, 0.717) is 13.2 Å². The highest BCUT2D eigenvalue weighted by atomic mass is 32.1. The van der Waals surface area contributed by atoms with E-state index in [1.54, 1.807) is 11.3 Å². The number of nitrogens with one attached hydrogen (secondary N) is 1. The normalized spacial score (nSPS) is 17.7. The van der Waals surface area contributed by atoms with Gasteiger partial charge in [0.15, 0.2) is 5.13 Å². The maximum absolute atomic E-state index is 12.5. The van der Waals surface area contributed by atoms with Crippen LogP contribution < -0.4 is 10.2 Å². The summed E-state index contributed by atoms with van der Waals surface area (Å²) in [5.41, 5.74) is 3.59. The second kappa shape index (κ2) is 9.02. The van der Waals surface area contributed by atoms with Gasteiger partial charge in [0.05, 0.1) is 22.2 Å². The van der Waals surface area contributed by atoms with E-state index in [2.05, 4.69) is 36.2 Å². The molecule has 0 saturated carbocycles. The number of hydrogen-bond acceptors (Lipinski definition) is 5. The van der Waals surface area contributed by atoms with E-state index in [9.17, 15) is 4.79 Å². The van der Waals surface area contributed by atoms with Gasteiger partial charge in [0, 0.05) is 26.2 Å². The fourth-order valence-electron chi connectivity index (χ4n) is 3.61. The summed E-state index contributed by atoms with van der Waals surface area (Å²) in [6.07, 6.45) is 3.08. The molecule has 1 aromatic heterocycles. The van der Waals surface area contributed by atoms with Crippen molar-refractivity contribution in [1.82, 2.24) is 10.3 Å². The number of carbonyl (C=O) groups is 1. The predicted octanol–water partition coefficient (Wildman–Crippen LogP) is 4.06. The summed E-state index contributed by atoms with van der Waals surface area (Å²) in [4.78, 5) is 19.7. The van der Waals surface area contributed by atoms with E-state index >= 15 is 0 Å². The minimum Gasteiger partial charge on any atom is -0.379 e. The third-order valence-electron chi connectivity index (χ3n) is 4.95. The molecule has 27 heavy (non-hydrogen) atoms. The molecule has 0 aliphatic carbocycles. The molecule has 1 N–H and O–H groups in total. The number of anilines is 1. The van der Waals surface area contributed by atoms with Gasteiger partial charge in [0.25, 0.3) is 0 Å².